The second-order valence-corrected chi connectivity index (χ2v) is 7.31. The minimum Gasteiger partial charge on any atom is -0.373 e. The van der Waals surface area contributed by atoms with Gasteiger partial charge in [0.1, 0.15) is 0 Å². The third kappa shape index (κ3) is 6.67. The van der Waals surface area contributed by atoms with Crippen LogP contribution in [-0.2, 0) is 11.2 Å². The second-order valence-electron chi connectivity index (χ2n) is 7.31. The van der Waals surface area contributed by atoms with Gasteiger partial charge in [0.2, 0.25) is 0 Å². The molecule has 1 aliphatic heterocycles. The first kappa shape index (κ1) is 18.5. The summed E-state index contributed by atoms with van der Waals surface area (Å²) in [6.45, 7) is 5.51. The summed E-state index contributed by atoms with van der Waals surface area (Å²) < 4.78 is 6.17. The van der Waals surface area contributed by atoms with Crippen molar-refractivity contribution >= 4 is 0 Å². The van der Waals surface area contributed by atoms with Crippen LogP contribution in [0.2, 0.25) is 0 Å². The van der Waals surface area contributed by atoms with Crippen molar-refractivity contribution in [2.45, 2.75) is 90.6 Å². The van der Waals surface area contributed by atoms with Gasteiger partial charge >= 0.3 is 0 Å². The minimum absolute atomic E-state index is 0.339. The van der Waals surface area contributed by atoms with E-state index < -0.39 is 0 Å². The molecule has 0 radical (unpaired) electrons. The lowest BCUT2D eigenvalue weighted by molar-refractivity contribution is -0.0199. The molecule has 0 aliphatic carbocycles. The summed E-state index contributed by atoms with van der Waals surface area (Å²) in [7, 11) is 0. The summed E-state index contributed by atoms with van der Waals surface area (Å²) in [5, 5.41) is 0. The molecule has 1 aromatic rings. The zero-order chi connectivity index (χ0) is 16.3. The number of benzene rings is 1. The van der Waals surface area contributed by atoms with E-state index in [0.29, 0.717) is 6.10 Å². The highest BCUT2D eigenvalue weighted by Crippen LogP contribution is 2.32. The van der Waals surface area contributed by atoms with Crippen LogP contribution in [0.4, 0.5) is 0 Å². The molecule has 1 aromatic carbocycles. The molecule has 23 heavy (non-hydrogen) atoms. The predicted octanol–water partition coefficient (Wildman–Crippen LogP) is 6.86. The third-order valence-electron chi connectivity index (χ3n) is 5.26. The van der Waals surface area contributed by atoms with E-state index in [1.165, 1.54) is 81.8 Å². The van der Waals surface area contributed by atoms with Gasteiger partial charge in [-0.25, -0.2) is 0 Å². The molecule has 1 heteroatoms. The van der Waals surface area contributed by atoms with Crippen molar-refractivity contribution in [3.05, 3.63) is 35.4 Å². The Balaban J connectivity index is 1.70. The molecule has 0 bridgehead atoms. The average Bonchev–Trinajstić information content (AvgIpc) is 2.60. The lowest BCUT2D eigenvalue weighted by Gasteiger charge is -2.29. The Kier molecular flexibility index (Phi) is 8.74. The topological polar surface area (TPSA) is 9.23 Å². The van der Waals surface area contributed by atoms with E-state index in [2.05, 4.69) is 38.1 Å². The van der Waals surface area contributed by atoms with Crippen molar-refractivity contribution in [2.24, 2.45) is 5.92 Å². The van der Waals surface area contributed by atoms with Crippen LogP contribution >= 0.6 is 0 Å². The first-order valence-electron chi connectivity index (χ1n) is 10.0. The summed E-state index contributed by atoms with van der Waals surface area (Å²) in [5.74, 6) is 0.802. The number of rotatable bonds is 10. The van der Waals surface area contributed by atoms with Gasteiger partial charge in [-0.2, -0.15) is 0 Å². The molecule has 1 fully saturated rings. The largest absolute Gasteiger partial charge is 0.373 e. The Morgan fingerprint density at radius 2 is 1.61 bits per heavy atom. The Morgan fingerprint density at radius 1 is 0.870 bits per heavy atom. The molecule has 1 aliphatic rings. The van der Waals surface area contributed by atoms with Gasteiger partial charge in [-0.3, -0.25) is 0 Å². The monoisotopic (exact) mass is 316 g/mol. The second kappa shape index (κ2) is 10.9. The standard InChI is InChI=1S/C22H36O/c1-3-5-7-9-11-20-14-17-22(23-18-20)21-15-12-19(13-16-21)10-8-6-4-2/h12-13,15-16,20,22H,3-11,14,17-18H2,1-2H3. The van der Waals surface area contributed by atoms with E-state index in [1.54, 1.807) is 0 Å². The minimum atomic E-state index is 0.339. The normalized spacial score (nSPS) is 21.5. The fourth-order valence-corrected chi connectivity index (χ4v) is 3.63. The van der Waals surface area contributed by atoms with Gasteiger partial charge < -0.3 is 4.74 Å². The summed E-state index contributed by atoms with van der Waals surface area (Å²) in [5.41, 5.74) is 2.86. The molecule has 1 nitrogen and oxygen atoms in total. The molecular weight excluding hydrogens is 280 g/mol. The van der Waals surface area contributed by atoms with Crippen molar-refractivity contribution in [3.63, 3.8) is 0 Å². The smallest absolute Gasteiger partial charge is 0.0825 e. The van der Waals surface area contributed by atoms with E-state index >= 15 is 0 Å². The van der Waals surface area contributed by atoms with Crippen molar-refractivity contribution in [3.8, 4) is 0 Å². The summed E-state index contributed by atoms with van der Waals surface area (Å²) >= 11 is 0. The SMILES string of the molecule is CCCCCCC1CCC(c2ccc(CCCCC)cc2)OC1. The fourth-order valence-electron chi connectivity index (χ4n) is 3.63. The maximum atomic E-state index is 6.17. The van der Waals surface area contributed by atoms with Gasteiger partial charge in [-0.15, -0.1) is 0 Å². The molecule has 2 atom stereocenters. The van der Waals surface area contributed by atoms with Crippen LogP contribution < -0.4 is 0 Å². The van der Waals surface area contributed by atoms with Gasteiger partial charge in [0, 0.05) is 0 Å². The van der Waals surface area contributed by atoms with E-state index in [-0.39, 0.29) is 0 Å². The molecule has 0 aromatic heterocycles. The van der Waals surface area contributed by atoms with E-state index in [0.717, 1.165) is 12.5 Å². The lowest BCUT2D eigenvalue weighted by Crippen LogP contribution is -2.20. The Hall–Kier alpha value is -0.820. The number of unbranched alkanes of at least 4 members (excludes halogenated alkanes) is 5. The molecule has 0 saturated carbocycles. The van der Waals surface area contributed by atoms with Crippen LogP contribution in [-0.4, -0.2) is 6.61 Å². The van der Waals surface area contributed by atoms with Gasteiger partial charge in [-0.1, -0.05) is 76.6 Å². The molecule has 0 N–H and O–H groups in total. The number of hydrogen-bond acceptors (Lipinski definition) is 1. The third-order valence-corrected chi connectivity index (χ3v) is 5.26. The van der Waals surface area contributed by atoms with Crippen molar-refractivity contribution in [1.82, 2.24) is 0 Å². The van der Waals surface area contributed by atoms with Crippen molar-refractivity contribution in [1.29, 1.82) is 0 Å². The molecule has 0 spiro atoms. The fraction of sp³-hybridized carbons (Fsp3) is 0.727. The highest BCUT2D eigenvalue weighted by molar-refractivity contribution is 5.24. The van der Waals surface area contributed by atoms with Crippen LogP contribution in [0.3, 0.4) is 0 Å². The average molecular weight is 317 g/mol. The number of ether oxygens (including phenoxy) is 1. The zero-order valence-electron chi connectivity index (χ0n) is 15.4. The van der Waals surface area contributed by atoms with E-state index in [4.69, 9.17) is 4.74 Å². The van der Waals surface area contributed by atoms with Gasteiger partial charge in [0.05, 0.1) is 12.7 Å². The Morgan fingerprint density at radius 3 is 2.26 bits per heavy atom. The first-order chi connectivity index (χ1) is 11.3. The molecular formula is C22H36O. The zero-order valence-corrected chi connectivity index (χ0v) is 15.4. The molecule has 2 unspecified atom stereocenters. The number of aryl methyl sites for hydroxylation is 1. The van der Waals surface area contributed by atoms with Gasteiger partial charge in [0.15, 0.2) is 0 Å². The summed E-state index contributed by atoms with van der Waals surface area (Å²) in [6.07, 6.45) is 14.9. The van der Waals surface area contributed by atoms with E-state index in [9.17, 15) is 0 Å². The van der Waals surface area contributed by atoms with Crippen LogP contribution in [0.15, 0.2) is 24.3 Å². The molecule has 2 rings (SSSR count). The Bertz CT molecular complexity index is 400. The van der Waals surface area contributed by atoms with E-state index in [1.807, 2.05) is 0 Å². The van der Waals surface area contributed by atoms with Crippen molar-refractivity contribution < 1.29 is 4.74 Å². The van der Waals surface area contributed by atoms with Crippen LogP contribution in [0.5, 0.6) is 0 Å². The lowest BCUT2D eigenvalue weighted by atomic mass is 9.90. The molecule has 1 heterocycles. The molecule has 130 valence electrons. The first-order valence-corrected chi connectivity index (χ1v) is 10.0. The van der Waals surface area contributed by atoms with Crippen molar-refractivity contribution in [2.75, 3.05) is 6.61 Å². The quantitative estimate of drug-likeness (QED) is 0.428. The summed E-state index contributed by atoms with van der Waals surface area (Å²) in [6, 6.07) is 9.22. The Labute approximate surface area is 143 Å². The van der Waals surface area contributed by atoms with Crippen LogP contribution in [0.25, 0.3) is 0 Å². The maximum Gasteiger partial charge on any atom is 0.0825 e. The highest BCUT2D eigenvalue weighted by atomic mass is 16.5. The predicted molar refractivity (Wildman–Crippen MR) is 99.8 cm³/mol. The molecule has 0 amide bonds. The van der Waals surface area contributed by atoms with Crippen LogP contribution in [0.1, 0.15) is 95.3 Å². The van der Waals surface area contributed by atoms with Gasteiger partial charge in [-0.05, 0) is 49.1 Å². The molecule has 1 saturated heterocycles. The number of hydrogen-bond donors (Lipinski definition) is 0. The summed E-state index contributed by atoms with van der Waals surface area (Å²) in [4.78, 5) is 0. The maximum absolute atomic E-state index is 6.17. The van der Waals surface area contributed by atoms with Crippen LogP contribution in [0, 0.1) is 5.92 Å². The van der Waals surface area contributed by atoms with Gasteiger partial charge in [0.25, 0.3) is 0 Å². The highest BCUT2D eigenvalue weighted by Gasteiger charge is 2.22.